The SMILES string of the molecule is COC(=O)C(CCn1nnc2ccc(OC)cc2c1=O)Sc1ccc(-c2ccc(OC)c(F)c2)cc1. The first kappa shape index (κ1) is 25.2. The Balaban J connectivity index is 1.49. The molecule has 0 saturated heterocycles. The topological polar surface area (TPSA) is 92.5 Å². The summed E-state index contributed by atoms with van der Waals surface area (Å²) in [4.78, 5) is 26.2. The monoisotopic (exact) mass is 509 g/mol. The lowest BCUT2D eigenvalue weighted by molar-refractivity contribution is -0.140. The van der Waals surface area contributed by atoms with Gasteiger partial charge in [0.2, 0.25) is 0 Å². The molecule has 4 rings (SSSR count). The van der Waals surface area contributed by atoms with E-state index in [0.29, 0.717) is 28.6 Å². The highest BCUT2D eigenvalue weighted by Crippen LogP contribution is 2.31. The summed E-state index contributed by atoms with van der Waals surface area (Å²) in [6.07, 6.45) is 0.298. The van der Waals surface area contributed by atoms with E-state index in [1.54, 1.807) is 30.3 Å². The number of benzene rings is 3. The van der Waals surface area contributed by atoms with Crippen LogP contribution in [0.15, 0.2) is 70.4 Å². The highest BCUT2D eigenvalue weighted by atomic mass is 32.2. The molecule has 1 aromatic heterocycles. The van der Waals surface area contributed by atoms with Crippen molar-refractivity contribution in [3.05, 3.63) is 76.8 Å². The van der Waals surface area contributed by atoms with E-state index >= 15 is 0 Å². The lowest BCUT2D eigenvalue weighted by atomic mass is 10.1. The van der Waals surface area contributed by atoms with Crippen molar-refractivity contribution in [3.63, 3.8) is 0 Å². The molecule has 0 aliphatic rings. The Morgan fingerprint density at radius 1 is 1.00 bits per heavy atom. The Morgan fingerprint density at radius 2 is 1.75 bits per heavy atom. The van der Waals surface area contributed by atoms with Gasteiger partial charge in [0.25, 0.3) is 5.56 Å². The number of fused-ring (bicyclic) bond motifs is 1. The molecule has 186 valence electrons. The number of carbonyl (C=O) groups is 1. The van der Waals surface area contributed by atoms with E-state index in [0.717, 1.165) is 10.5 Å². The first-order valence-electron chi connectivity index (χ1n) is 11.0. The minimum atomic E-state index is -0.575. The first-order valence-corrected chi connectivity index (χ1v) is 11.9. The van der Waals surface area contributed by atoms with Crippen molar-refractivity contribution in [2.45, 2.75) is 23.1 Å². The highest BCUT2D eigenvalue weighted by Gasteiger charge is 2.22. The van der Waals surface area contributed by atoms with Crippen molar-refractivity contribution >= 4 is 28.6 Å². The summed E-state index contributed by atoms with van der Waals surface area (Å²) < 4.78 is 30.4. The van der Waals surface area contributed by atoms with Crippen LogP contribution >= 0.6 is 11.8 Å². The average Bonchev–Trinajstić information content (AvgIpc) is 2.91. The smallest absolute Gasteiger partial charge is 0.319 e. The molecule has 3 aromatic carbocycles. The number of methoxy groups -OCH3 is 3. The Kier molecular flexibility index (Phi) is 7.84. The van der Waals surface area contributed by atoms with Gasteiger partial charge in [0.1, 0.15) is 16.5 Å². The summed E-state index contributed by atoms with van der Waals surface area (Å²) in [5.41, 5.74) is 1.68. The van der Waals surface area contributed by atoms with Crippen molar-refractivity contribution in [1.29, 1.82) is 0 Å². The second kappa shape index (κ2) is 11.2. The van der Waals surface area contributed by atoms with Gasteiger partial charge in [0.15, 0.2) is 11.6 Å². The first-order chi connectivity index (χ1) is 17.4. The zero-order valence-corrected chi connectivity index (χ0v) is 20.8. The fourth-order valence-corrected chi connectivity index (χ4v) is 4.70. The van der Waals surface area contributed by atoms with Crippen LogP contribution in [0.5, 0.6) is 11.5 Å². The average molecular weight is 510 g/mol. The zero-order valence-electron chi connectivity index (χ0n) is 19.9. The molecule has 0 spiro atoms. The zero-order chi connectivity index (χ0) is 25.7. The van der Waals surface area contributed by atoms with Gasteiger partial charge in [-0.25, -0.2) is 9.07 Å². The van der Waals surface area contributed by atoms with Crippen molar-refractivity contribution in [3.8, 4) is 22.6 Å². The molecule has 8 nitrogen and oxygen atoms in total. The van der Waals surface area contributed by atoms with Crippen LogP contribution in [0.2, 0.25) is 0 Å². The van der Waals surface area contributed by atoms with Crippen LogP contribution in [0.25, 0.3) is 22.0 Å². The van der Waals surface area contributed by atoms with Crippen molar-refractivity contribution < 1.29 is 23.4 Å². The van der Waals surface area contributed by atoms with Crippen molar-refractivity contribution in [2.24, 2.45) is 0 Å². The van der Waals surface area contributed by atoms with E-state index < -0.39 is 17.0 Å². The van der Waals surface area contributed by atoms with Gasteiger partial charge in [-0.2, -0.15) is 0 Å². The number of aryl methyl sites for hydroxylation is 1. The van der Waals surface area contributed by atoms with Crippen LogP contribution < -0.4 is 15.0 Å². The quantitative estimate of drug-likeness (QED) is 0.243. The minimum Gasteiger partial charge on any atom is -0.497 e. The molecule has 0 fully saturated rings. The lowest BCUT2D eigenvalue weighted by Gasteiger charge is -2.15. The molecule has 36 heavy (non-hydrogen) atoms. The molecule has 1 heterocycles. The van der Waals surface area contributed by atoms with Gasteiger partial charge < -0.3 is 14.2 Å². The van der Waals surface area contributed by atoms with Crippen LogP contribution in [0.3, 0.4) is 0 Å². The third-order valence-electron chi connectivity index (χ3n) is 5.61. The Morgan fingerprint density at radius 3 is 2.42 bits per heavy atom. The molecule has 0 bridgehead atoms. The number of halogens is 1. The summed E-state index contributed by atoms with van der Waals surface area (Å²) in [7, 11) is 4.27. The molecule has 0 amide bonds. The van der Waals surface area contributed by atoms with E-state index in [2.05, 4.69) is 10.3 Å². The van der Waals surface area contributed by atoms with Crippen molar-refractivity contribution in [2.75, 3.05) is 21.3 Å². The standard InChI is InChI=1S/C26H24FN3O5S/c1-33-18-7-10-22-20(15-18)25(31)30(29-28-22)13-12-24(26(32)35-3)36-19-8-4-16(5-9-19)17-6-11-23(34-2)21(27)14-17/h4-11,14-15,24H,12-13H2,1-3H3. The van der Waals surface area contributed by atoms with E-state index in [4.69, 9.17) is 14.2 Å². The summed E-state index contributed by atoms with van der Waals surface area (Å²) in [6.45, 7) is 0.176. The number of hydrogen-bond donors (Lipinski definition) is 0. The van der Waals surface area contributed by atoms with Gasteiger partial charge in [-0.3, -0.25) is 9.59 Å². The second-order valence-corrected chi connectivity index (χ2v) is 9.07. The van der Waals surface area contributed by atoms with Gasteiger partial charge in [0, 0.05) is 11.4 Å². The number of rotatable bonds is 9. The van der Waals surface area contributed by atoms with Gasteiger partial charge >= 0.3 is 5.97 Å². The van der Waals surface area contributed by atoms with E-state index in [9.17, 15) is 14.0 Å². The fraction of sp³-hybridized carbons (Fsp3) is 0.231. The molecule has 0 saturated carbocycles. The maximum atomic E-state index is 14.1. The molecule has 0 aliphatic heterocycles. The van der Waals surface area contributed by atoms with Gasteiger partial charge in [0.05, 0.1) is 26.7 Å². The van der Waals surface area contributed by atoms with Crippen molar-refractivity contribution in [1.82, 2.24) is 15.0 Å². The molecule has 0 N–H and O–H groups in total. The summed E-state index contributed by atoms with van der Waals surface area (Å²) in [5.74, 6) is -0.126. The highest BCUT2D eigenvalue weighted by molar-refractivity contribution is 8.00. The van der Waals surface area contributed by atoms with Crippen LogP contribution in [0.1, 0.15) is 6.42 Å². The Labute approximate surface area is 211 Å². The Hall–Kier alpha value is -3.92. The molecular formula is C26H24FN3O5S. The normalized spacial score (nSPS) is 11.8. The molecule has 1 unspecified atom stereocenters. The Bertz CT molecular complexity index is 1440. The molecule has 0 radical (unpaired) electrons. The number of thioether (sulfide) groups is 1. The predicted molar refractivity (Wildman–Crippen MR) is 135 cm³/mol. The van der Waals surface area contributed by atoms with Gasteiger partial charge in [-0.1, -0.05) is 23.4 Å². The molecule has 1 atom stereocenters. The van der Waals surface area contributed by atoms with E-state index in [1.165, 1.54) is 43.8 Å². The summed E-state index contributed by atoms with van der Waals surface area (Å²) >= 11 is 1.32. The number of carbonyl (C=O) groups excluding carboxylic acids is 1. The molecule has 4 aromatic rings. The van der Waals surface area contributed by atoms with E-state index in [1.807, 2.05) is 24.3 Å². The summed E-state index contributed by atoms with van der Waals surface area (Å²) in [6, 6.07) is 17.2. The maximum absolute atomic E-state index is 14.1. The van der Waals surface area contributed by atoms with E-state index in [-0.39, 0.29) is 17.9 Å². The largest absolute Gasteiger partial charge is 0.497 e. The van der Waals surface area contributed by atoms with Crippen LogP contribution in [0, 0.1) is 5.82 Å². The number of nitrogens with zero attached hydrogens (tertiary/aromatic N) is 3. The number of ether oxygens (including phenoxy) is 3. The third-order valence-corrected chi connectivity index (χ3v) is 6.87. The molecule has 0 aliphatic carbocycles. The number of aromatic nitrogens is 3. The minimum absolute atomic E-state index is 0.176. The molecule has 10 heteroatoms. The number of hydrogen-bond acceptors (Lipinski definition) is 8. The predicted octanol–water partition coefficient (Wildman–Crippen LogP) is 4.34. The van der Waals surface area contributed by atoms with Gasteiger partial charge in [-0.15, -0.1) is 16.9 Å². The lowest BCUT2D eigenvalue weighted by Crippen LogP contribution is -2.28. The summed E-state index contributed by atoms with van der Waals surface area (Å²) in [5, 5.41) is 7.91. The van der Waals surface area contributed by atoms with Crippen LogP contribution in [0.4, 0.5) is 4.39 Å². The number of esters is 1. The maximum Gasteiger partial charge on any atom is 0.319 e. The second-order valence-electron chi connectivity index (χ2n) is 7.79. The third kappa shape index (κ3) is 5.49. The van der Waals surface area contributed by atoms with Crippen LogP contribution in [-0.4, -0.2) is 47.5 Å². The van der Waals surface area contributed by atoms with Gasteiger partial charge in [-0.05, 0) is 60.0 Å². The fourth-order valence-electron chi connectivity index (χ4n) is 3.66. The van der Waals surface area contributed by atoms with Crippen LogP contribution in [-0.2, 0) is 16.1 Å². The molecular weight excluding hydrogens is 485 g/mol.